The Bertz CT molecular complexity index is 491. The van der Waals surface area contributed by atoms with Crippen molar-refractivity contribution in [1.82, 2.24) is 0 Å². The smallest absolute Gasteiger partial charge is 0.311 e. The third kappa shape index (κ3) is 3.56. The van der Waals surface area contributed by atoms with Crippen molar-refractivity contribution in [2.75, 3.05) is 25.6 Å². The monoisotopic (exact) mass is 317 g/mol. The fourth-order valence-electron chi connectivity index (χ4n) is 2.14. The van der Waals surface area contributed by atoms with Gasteiger partial charge in [-0.1, -0.05) is 11.6 Å². The Hall–Kier alpha value is -0.980. The van der Waals surface area contributed by atoms with Gasteiger partial charge < -0.3 is 9.47 Å². The standard InChI is InChI=1S/C13H16ClNO4S/c14-10-1-2-11(15(16)17)12(7-10)19-8-13(9-20)3-5-18-6-4-13/h1-2,7,20H,3-6,8-9H2. The molecule has 0 saturated carbocycles. The summed E-state index contributed by atoms with van der Waals surface area (Å²) in [6.45, 7) is 1.71. The lowest BCUT2D eigenvalue weighted by molar-refractivity contribution is -0.386. The van der Waals surface area contributed by atoms with Gasteiger partial charge in [-0.25, -0.2) is 0 Å². The number of nitrogens with zero attached hydrogens (tertiary/aromatic N) is 1. The second kappa shape index (κ2) is 6.65. The van der Waals surface area contributed by atoms with Crippen molar-refractivity contribution < 1.29 is 14.4 Å². The molecule has 5 nitrogen and oxygen atoms in total. The SMILES string of the molecule is O=[N+]([O-])c1ccc(Cl)cc1OCC1(CS)CCOCC1. The van der Waals surface area contributed by atoms with E-state index in [9.17, 15) is 10.1 Å². The summed E-state index contributed by atoms with van der Waals surface area (Å²) in [6, 6.07) is 4.32. The lowest BCUT2D eigenvalue weighted by atomic mass is 9.83. The Balaban J connectivity index is 2.13. The van der Waals surface area contributed by atoms with Crippen LogP contribution in [0.2, 0.25) is 5.02 Å². The molecule has 1 aromatic rings. The normalized spacial score (nSPS) is 17.7. The minimum absolute atomic E-state index is 0.0734. The van der Waals surface area contributed by atoms with Crippen molar-refractivity contribution in [3.8, 4) is 5.75 Å². The van der Waals surface area contributed by atoms with Crippen molar-refractivity contribution in [3.63, 3.8) is 0 Å². The molecule has 7 heteroatoms. The van der Waals surface area contributed by atoms with Crippen LogP contribution in [0.25, 0.3) is 0 Å². The number of rotatable bonds is 5. The summed E-state index contributed by atoms with van der Waals surface area (Å²) in [5.74, 6) is 0.861. The van der Waals surface area contributed by atoms with Gasteiger partial charge in [-0.3, -0.25) is 10.1 Å². The first-order chi connectivity index (χ1) is 9.56. The Kier molecular flexibility index (Phi) is 5.12. The minimum atomic E-state index is -0.469. The second-order valence-electron chi connectivity index (χ2n) is 4.93. The maximum atomic E-state index is 11.0. The number of hydrogen-bond acceptors (Lipinski definition) is 5. The van der Waals surface area contributed by atoms with Gasteiger partial charge in [0.25, 0.3) is 0 Å². The number of hydrogen-bond donors (Lipinski definition) is 1. The van der Waals surface area contributed by atoms with Crippen LogP contribution in [0.5, 0.6) is 5.75 Å². The van der Waals surface area contributed by atoms with Gasteiger partial charge in [0.2, 0.25) is 0 Å². The maximum absolute atomic E-state index is 11.0. The van der Waals surface area contributed by atoms with Crippen LogP contribution < -0.4 is 4.74 Å². The maximum Gasteiger partial charge on any atom is 0.311 e. The van der Waals surface area contributed by atoms with E-state index in [0.717, 1.165) is 12.8 Å². The molecule has 0 atom stereocenters. The molecule has 110 valence electrons. The van der Waals surface area contributed by atoms with E-state index >= 15 is 0 Å². The van der Waals surface area contributed by atoms with Crippen molar-refractivity contribution in [3.05, 3.63) is 33.3 Å². The third-order valence-corrected chi connectivity index (χ3v) is 4.45. The summed E-state index contributed by atoms with van der Waals surface area (Å²) in [7, 11) is 0. The topological polar surface area (TPSA) is 61.6 Å². The molecule has 1 heterocycles. The fourth-order valence-corrected chi connectivity index (χ4v) is 2.71. The van der Waals surface area contributed by atoms with Gasteiger partial charge >= 0.3 is 5.69 Å². The van der Waals surface area contributed by atoms with Crippen LogP contribution in [0.15, 0.2) is 18.2 Å². The number of thiol groups is 1. The molecule has 0 spiro atoms. The number of halogens is 1. The van der Waals surface area contributed by atoms with E-state index in [1.54, 1.807) is 0 Å². The van der Waals surface area contributed by atoms with Gasteiger partial charge in [-0.2, -0.15) is 12.6 Å². The lowest BCUT2D eigenvalue weighted by Crippen LogP contribution is -2.37. The van der Waals surface area contributed by atoms with E-state index in [1.165, 1.54) is 18.2 Å². The average Bonchev–Trinajstić information content (AvgIpc) is 2.46. The van der Waals surface area contributed by atoms with E-state index in [4.69, 9.17) is 21.1 Å². The van der Waals surface area contributed by atoms with Crippen LogP contribution in [-0.2, 0) is 4.74 Å². The molecule has 1 aromatic carbocycles. The van der Waals surface area contributed by atoms with Crippen molar-refractivity contribution in [1.29, 1.82) is 0 Å². The van der Waals surface area contributed by atoms with Gasteiger partial charge in [-0.15, -0.1) is 0 Å². The molecule has 1 aliphatic heterocycles. The Labute approximate surface area is 127 Å². The van der Waals surface area contributed by atoms with Crippen molar-refractivity contribution in [2.45, 2.75) is 12.8 Å². The molecule has 0 amide bonds. The van der Waals surface area contributed by atoms with Crippen LogP contribution >= 0.6 is 24.2 Å². The second-order valence-corrected chi connectivity index (χ2v) is 5.68. The van der Waals surface area contributed by atoms with Crippen LogP contribution in [0.4, 0.5) is 5.69 Å². The first-order valence-electron chi connectivity index (χ1n) is 6.32. The number of nitro benzene ring substituents is 1. The predicted molar refractivity (Wildman–Crippen MR) is 79.9 cm³/mol. The van der Waals surface area contributed by atoms with E-state index in [-0.39, 0.29) is 16.9 Å². The highest BCUT2D eigenvalue weighted by atomic mass is 35.5. The summed E-state index contributed by atoms with van der Waals surface area (Å²) in [5.41, 5.74) is -0.173. The Morgan fingerprint density at radius 2 is 2.15 bits per heavy atom. The molecule has 2 rings (SSSR count). The zero-order chi connectivity index (χ0) is 14.6. The van der Waals surface area contributed by atoms with E-state index in [1.807, 2.05) is 0 Å². The quantitative estimate of drug-likeness (QED) is 0.514. The highest BCUT2D eigenvalue weighted by Crippen LogP contribution is 2.35. The summed E-state index contributed by atoms with van der Waals surface area (Å²) in [5, 5.41) is 11.4. The molecule has 0 unspecified atom stereocenters. The largest absolute Gasteiger partial charge is 0.486 e. The molecular formula is C13H16ClNO4S. The highest BCUT2D eigenvalue weighted by Gasteiger charge is 2.33. The predicted octanol–water partition coefficient (Wildman–Crippen LogP) is 3.35. The molecule has 0 aliphatic carbocycles. The first-order valence-corrected chi connectivity index (χ1v) is 7.33. The zero-order valence-corrected chi connectivity index (χ0v) is 12.5. The molecule has 20 heavy (non-hydrogen) atoms. The van der Waals surface area contributed by atoms with Crippen LogP contribution in [0, 0.1) is 15.5 Å². The molecule has 0 aromatic heterocycles. The molecule has 1 aliphatic rings. The number of benzene rings is 1. The van der Waals surface area contributed by atoms with Crippen molar-refractivity contribution >= 4 is 29.9 Å². The van der Waals surface area contributed by atoms with Gasteiger partial charge in [0.05, 0.1) is 11.5 Å². The van der Waals surface area contributed by atoms with E-state index in [0.29, 0.717) is 30.6 Å². The number of ether oxygens (including phenoxy) is 2. The molecule has 0 radical (unpaired) electrons. The van der Waals surface area contributed by atoms with Gasteiger partial charge in [0.1, 0.15) is 0 Å². The lowest BCUT2D eigenvalue weighted by Gasteiger charge is -2.35. The third-order valence-electron chi connectivity index (χ3n) is 3.54. The molecule has 0 N–H and O–H groups in total. The fraction of sp³-hybridized carbons (Fsp3) is 0.538. The summed E-state index contributed by atoms with van der Waals surface area (Å²) < 4.78 is 11.0. The summed E-state index contributed by atoms with van der Waals surface area (Å²) in [6.07, 6.45) is 1.68. The molecule has 0 bridgehead atoms. The summed E-state index contributed by atoms with van der Waals surface area (Å²) >= 11 is 10.3. The van der Waals surface area contributed by atoms with Gasteiger partial charge in [-0.05, 0) is 24.7 Å². The zero-order valence-electron chi connectivity index (χ0n) is 10.9. The van der Waals surface area contributed by atoms with Crippen molar-refractivity contribution in [2.24, 2.45) is 5.41 Å². The molecule has 1 saturated heterocycles. The van der Waals surface area contributed by atoms with E-state index < -0.39 is 4.92 Å². The Morgan fingerprint density at radius 1 is 1.45 bits per heavy atom. The molecular weight excluding hydrogens is 302 g/mol. The first kappa shape index (κ1) is 15.4. The van der Waals surface area contributed by atoms with Crippen LogP contribution in [0.1, 0.15) is 12.8 Å². The molecule has 1 fully saturated rings. The Morgan fingerprint density at radius 3 is 2.75 bits per heavy atom. The van der Waals surface area contributed by atoms with Gasteiger partial charge in [0.15, 0.2) is 5.75 Å². The number of nitro groups is 1. The summed E-state index contributed by atoms with van der Waals surface area (Å²) in [4.78, 5) is 10.5. The van der Waals surface area contributed by atoms with E-state index in [2.05, 4.69) is 12.6 Å². The average molecular weight is 318 g/mol. The van der Waals surface area contributed by atoms with Gasteiger partial charge in [0, 0.05) is 35.8 Å². The highest BCUT2D eigenvalue weighted by molar-refractivity contribution is 7.80. The van der Waals surface area contributed by atoms with Crippen LogP contribution in [0.3, 0.4) is 0 Å². The minimum Gasteiger partial charge on any atom is -0.486 e. The van der Waals surface area contributed by atoms with Crippen LogP contribution in [-0.4, -0.2) is 30.5 Å².